The summed E-state index contributed by atoms with van der Waals surface area (Å²) in [7, 11) is 0. The highest BCUT2D eigenvalue weighted by Crippen LogP contribution is 2.19. The zero-order valence-electron chi connectivity index (χ0n) is 56.2. The molecule has 0 aliphatic heterocycles. The summed E-state index contributed by atoms with van der Waals surface area (Å²) in [5.41, 5.74) is 0. The van der Waals surface area contributed by atoms with Gasteiger partial charge >= 0.3 is 5.97 Å². The number of hydrogen-bond donors (Lipinski definition) is 3. The van der Waals surface area contributed by atoms with Gasteiger partial charge in [-0.2, -0.15) is 0 Å². The van der Waals surface area contributed by atoms with Gasteiger partial charge in [0, 0.05) is 12.8 Å². The summed E-state index contributed by atoms with van der Waals surface area (Å²) < 4.78 is 5.48. The van der Waals surface area contributed by atoms with E-state index in [1.807, 2.05) is 6.08 Å². The molecule has 0 heterocycles. The maximum absolute atomic E-state index is 12.5. The Kier molecular flexibility index (Phi) is 70.9. The van der Waals surface area contributed by atoms with Crippen LogP contribution in [0, 0.1) is 0 Å². The first-order chi connectivity index (χ1) is 41.0. The molecule has 490 valence electrons. The van der Waals surface area contributed by atoms with E-state index in [1.165, 1.54) is 347 Å². The molecule has 0 radical (unpaired) electrons. The Morgan fingerprint density at radius 2 is 0.602 bits per heavy atom. The molecule has 0 aromatic carbocycles. The molecule has 0 aromatic rings. The van der Waals surface area contributed by atoms with Crippen molar-refractivity contribution < 1.29 is 24.5 Å². The monoisotopic (exact) mass is 1170 g/mol. The van der Waals surface area contributed by atoms with Crippen molar-refractivity contribution >= 4 is 11.9 Å². The molecular formula is C77H147NO5. The third kappa shape index (κ3) is 69.1. The van der Waals surface area contributed by atoms with Gasteiger partial charge in [-0.1, -0.05) is 378 Å². The van der Waals surface area contributed by atoms with Gasteiger partial charge in [0.15, 0.2) is 0 Å². The van der Waals surface area contributed by atoms with E-state index in [4.69, 9.17) is 4.74 Å². The Bertz CT molecular complexity index is 1340. The summed E-state index contributed by atoms with van der Waals surface area (Å²) in [4.78, 5) is 24.5. The molecule has 2 atom stereocenters. The van der Waals surface area contributed by atoms with Gasteiger partial charge in [-0.25, -0.2) is 0 Å². The van der Waals surface area contributed by atoms with E-state index < -0.39 is 12.1 Å². The maximum Gasteiger partial charge on any atom is 0.305 e. The first-order valence-electron chi connectivity index (χ1n) is 37.8. The van der Waals surface area contributed by atoms with Crippen LogP contribution >= 0.6 is 0 Å². The van der Waals surface area contributed by atoms with Crippen molar-refractivity contribution in [2.45, 2.75) is 431 Å². The van der Waals surface area contributed by atoms with Crippen LogP contribution in [0.2, 0.25) is 0 Å². The van der Waals surface area contributed by atoms with E-state index in [-0.39, 0.29) is 18.5 Å². The number of rotatable bonds is 71. The lowest BCUT2D eigenvalue weighted by Crippen LogP contribution is -2.45. The van der Waals surface area contributed by atoms with Crippen LogP contribution in [0.15, 0.2) is 36.5 Å². The molecular weight excluding hydrogens is 1020 g/mol. The zero-order chi connectivity index (χ0) is 59.9. The van der Waals surface area contributed by atoms with Crippen molar-refractivity contribution in [3.05, 3.63) is 36.5 Å². The predicted molar refractivity (Wildman–Crippen MR) is 366 cm³/mol. The molecule has 0 bridgehead atoms. The van der Waals surface area contributed by atoms with E-state index in [0.29, 0.717) is 19.4 Å². The first-order valence-corrected chi connectivity index (χ1v) is 37.8. The number of esters is 1. The van der Waals surface area contributed by atoms with Gasteiger partial charge in [-0.3, -0.25) is 9.59 Å². The lowest BCUT2D eigenvalue weighted by molar-refractivity contribution is -0.143. The van der Waals surface area contributed by atoms with E-state index in [1.54, 1.807) is 6.08 Å². The third-order valence-corrected chi connectivity index (χ3v) is 17.7. The van der Waals surface area contributed by atoms with Crippen LogP contribution in [0.25, 0.3) is 0 Å². The van der Waals surface area contributed by atoms with Crippen LogP contribution in [0.4, 0.5) is 0 Å². The Morgan fingerprint density at radius 3 is 0.916 bits per heavy atom. The molecule has 0 fully saturated rings. The van der Waals surface area contributed by atoms with Crippen LogP contribution < -0.4 is 5.32 Å². The Balaban J connectivity index is 3.38. The number of carbonyl (C=O) groups excluding carboxylic acids is 2. The third-order valence-electron chi connectivity index (χ3n) is 17.7. The maximum atomic E-state index is 12.5. The molecule has 6 nitrogen and oxygen atoms in total. The van der Waals surface area contributed by atoms with Gasteiger partial charge in [-0.15, -0.1) is 0 Å². The highest BCUT2D eigenvalue weighted by atomic mass is 16.5. The van der Waals surface area contributed by atoms with Crippen molar-refractivity contribution in [3.63, 3.8) is 0 Å². The van der Waals surface area contributed by atoms with Gasteiger partial charge in [0.1, 0.15) is 0 Å². The number of aliphatic hydroxyl groups is 2. The zero-order valence-corrected chi connectivity index (χ0v) is 56.2. The summed E-state index contributed by atoms with van der Waals surface area (Å²) in [6.45, 7) is 4.94. The Morgan fingerprint density at radius 1 is 0.337 bits per heavy atom. The second-order valence-electron chi connectivity index (χ2n) is 26.0. The van der Waals surface area contributed by atoms with Crippen LogP contribution in [-0.2, 0) is 14.3 Å². The lowest BCUT2D eigenvalue weighted by atomic mass is 10.0. The van der Waals surface area contributed by atoms with E-state index in [9.17, 15) is 19.8 Å². The van der Waals surface area contributed by atoms with E-state index in [0.717, 1.165) is 44.9 Å². The summed E-state index contributed by atoms with van der Waals surface area (Å²) >= 11 is 0. The predicted octanol–water partition coefficient (Wildman–Crippen LogP) is 24.7. The second-order valence-corrected chi connectivity index (χ2v) is 26.0. The quantitative estimate of drug-likeness (QED) is 0.0320. The minimum absolute atomic E-state index is 0.0187. The first kappa shape index (κ1) is 81.1. The molecule has 2 unspecified atom stereocenters. The van der Waals surface area contributed by atoms with E-state index >= 15 is 0 Å². The minimum Gasteiger partial charge on any atom is -0.466 e. The lowest BCUT2D eigenvalue weighted by Gasteiger charge is -2.20. The highest BCUT2D eigenvalue weighted by Gasteiger charge is 2.18. The van der Waals surface area contributed by atoms with Gasteiger partial charge in [0.05, 0.1) is 25.4 Å². The van der Waals surface area contributed by atoms with Crippen molar-refractivity contribution in [3.8, 4) is 0 Å². The fourth-order valence-corrected chi connectivity index (χ4v) is 11.9. The number of allylic oxidation sites excluding steroid dienone is 5. The molecule has 0 aliphatic carbocycles. The average molecular weight is 1170 g/mol. The van der Waals surface area contributed by atoms with Crippen LogP contribution in [0.1, 0.15) is 418 Å². The van der Waals surface area contributed by atoms with Gasteiger partial charge in [0.25, 0.3) is 0 Å². The Hall–Kier alpha value is -1.92. The molecule has 1 amide bonds. The molecule has 83 heavy (non-hydrogen) atoms. The average Bonchev–Trinajstić information content (AvgIpc) is 3.50. The highest BCUT2D eigenvalue weighted by molar-refractivity contribution is 5.76. The van der Waals surface area contributed by atoms with Gasteiger partial charge < -0.3 is 20.3 Å². The topological polar surface area (TPSA) is 95.9 Å². The van der Waals surface area contributed by atoms with Crippen LogP contribution in [0.3, 0.4) is 0 Å². The fourth-order valence-electron chi connectivity index (χ4n) is 11.9. The fraction of sp³-hybridized carbons (Fsp3) is 0.896. The number of amides is 1. The molecule has 6 heteroatoms. The number of hydrogen-bond acceptors (Lipinski definition) is 5. The standard InChI is InChI=1S/C77H147NO5/c1-3-5-7-9-11-13-15-16-17-18-40-43-46-50-53-57-61-65-69-75(80)74(73-79)78-76(81)70-66-62-58-54-51-47-44-41-38-36-34-32-30-28-26-24-22-20-19-21-23-25-27-29-31-33-35-37-39-42-45-48-52-56-60-64-68-72-83-77(82)71-67-63-59-55-49-14-12-10-8-6-4-2/h19,21,25,27,65,69,74-75,79-80H,3-18,20,22-24,26,28-64,66-68,70-73H2,1-2H3,(H,78,81)/b21-19-,27-25-,69-65+. The summed E-state index contributed by atoms with van der Waals surface area (Å²) in [6, 6.07) is -0.626. The molecule has 0 aliphatic rings. The second kappa shape index (κ2) is 72.6. The molecule has 3 N–H and O–H groups in total. The van der Waals surface area contributed by atoms with Gasteiger partial charge in [-0.05, 0) is 64.2 Å². The summed E-state index contributed by atoms with van der Waals surface area (Å²) in [5, 5.41) is 23.2. The normalized spacial score (nSPS) is 12.7. The number of aliphatic hydroxyl groups excluding tert-OH is 2. The Labute approximate surface area is 519 Å². The number of nitrogens with one attached hydrogen (secondary N) is 1. The molecule has 0 saturated carbocycles. The van der Waals surface area contributed by atoms with Crippen molar-refractivity contribution in [1.82, 2.24) is 5.32 Å². The van der Waals surface area contributed by atoms with Gasteiger partial charge in [0.2, 0.25) is 5.91 Å². The molecule has 0 aromatic heterocycles. The van der Waals surface area contributed by atoms with Crippen molar-refractivity contribution in [2.24, 2.45) is 0 Å². The smallest absolute Gasteiger partial charge is 0.305 e. The number of unbranched alkanes of at least 4 members (excludes halogenated alkanes) is 56. The van der Waals surface area contributed by atoms with Crippen LogP contribution in [-0.4, -0.2) is 47.4 Å². The molecule has 0 saturated heterocycles. The number of carbonyl (C=O) groups is 2. The minimum atomic E-state index is -0.843. The molecule has 0 rings (SSSR count). The summed E-state index contributed by atoms with van der Waals surface area (Å²) in [6.07, 6.45) is 94.0. The number of ether oxygens (including phenoxy) is 1. The largest absolute Gasteiger partial charge is 0.466 e. The summed E-state index contributed by atoms with van der Waals surface area (Å²) in [5.74, 6) is -0.0430. The molecule has 0 spiro atoms. The van der Waals surface area contributed by atoms with Crippen molar-refractivity contribution in [1.29, 1.82) is 0 Å². The van der Waals surface area contributed by atoms with E-state index in [2.05, 4.69) is 43.5 Å². The van der Waals surface area contributed by atoms with Crippen molar-refractivity contribution in [2.75, 3.05) is 13.2 Å². The SMILES string of the molecule is CCCCCCCCCCCCCCCCCC/C=C/C(O)C(CO)NC(=O)CCCCCCCCCCCCCCCCCCC/C=C\C/C=C\CCCCCCCCCCCCCCCOC(=O)CCCCCCCCCCCCC. The van der Waals surface area contributed by atoms with Crippen LogP contribution in [0.5, 0.6) is 0 Å².